The second-order valence-electron chi connectivity index (χ2n) is 7.43. The standard InChI is InChI=1S/C24H20N2/c1-24(2,3)23-13-21(19-8-4-17(15-25)5-9-19)12-22(14-23)20-10-6-18(16-26)7-11-20/h4-14H,1-3H3. The minimum Gasteiger partial charge on any atom is -0.192 e. The van der Waals surface area contributed by atoms with E-state index in [0.29, 0.717) is 11.1 Å². The van der Waals surface area contributed by atoms with Gasteiger partial charge in [-0.25, -0.2) is 0 Å². The first kappa shape index (κ1) is 17.5. The van der Waals surface area contributed by atoms with E-state index in [4.69, 9.17) is 10.5 Å². The lowest BCUT2D eigenvalue weighted by Crippen LogP contribution is -2.11. The largest absolute Gasteiger partial charge is 0.192 e. The van der Waals surface area contributed by atoms with Crippen molar-refractivity contribution in [3.63, 3.8) is 0 Å². The van der Waals surface area contributed by atoms with Crippen molar-refractivity contribution >= 4 is 0 Å². The molecule has 0 spiro atoms. The third kappa shape index (κ3) is 3.66. The third-order valence-electron chi connectivity index (χ3n) is 4.49. The van der Waals surface area contributed by atoms with Gasteiger partial charge in [-0.3, -0.25) is 0 Å². The van der Waals surface area contributed by atoms with Gasteiger partial charge in [-0.15, -0.1) is 0 Å². The van der Waals surface area contributed by atoms with Gasteiger partial charge in [0, 0.05) is 0 Å². The molecule has 3 aromatic rings. The van der Waals surface area contributed by atoms with Crippen LogP contribution in [-0.2, 0) is 5.41 Å². The van der Waals surface area contributed by atoms with Crippen LogP contribution in [0.4, 0.5) is 0 Å². The number of hydrogen-bond acceptors (Lipinski definition) is 2. The molecule has 0 amide bonds. The van der Waals surface area contributed by atoms with E-state index in [9.17, 15) is 0 Å². The molecular formula is C24H20N2. The topological polar surface area (TPSA) is 47.6 Å². The van der Waals surface area contributed by atoms with Gasteiger partial charge in [-0.1, -0.05) is 57.2 Å². The molecule has 0 heterocycles. The first-order valence-corrected chi connectivity index (χ1v) is 8.57. The summed E-state index contributed by atoms with van der Waals surface area (Å²) in [5, 5.41) is 18.0. The van der Waals surface area contributed by atoms with E-state index < -0.39 is 0 Å². The fraction of sp³-hybridized carbons (Fsp3) is 0.167. The average Bonchev–Trinajstić information content (AvgIpc) is 2.67. The zero-order valence-electron chi connectivity index (χ0n) is 15.2. The van der Waals surface area contributed by atoms with Gasteiger partial charge in [0.25, 0.3) is 0 Å². The molecule has 0 aromatic heterocycles. The Labute approximate surface area is 155 Å². The Bertz CT molecular complexity index is 931. The maximum Gasteiger partial charge on any atom is 0.0991 e. The van der Waals surface area contributed by atoms with Crippen LogP contribution in [0.1, 0.15) is 37.5 Å². The quantitative estimate of drug-likeness (QED) is 0.571. The van der Waals surface area contributed by atoms with Crippen molar-refractivity contribution in [2.24, 2.45) is 0 Å². The van der Waals surface area contributed by atoms with Gasteiger partial charge in [0.15, 0.2) is 0 Å². The molecule has 0 radical (unpaired) electrons. The van der Waals surface area contributed by atoms with Crippen molar-refractivity contribution in [3.8, 4) is 34.4 Å². The molecule has 2 nitrogen and oxygen atoms in total. The number of hydrogen-bond donors (Lipinski definition) is 0. The summed E-state index contributed by atoms with van der Waals surface area (Å²) < 4.78 is 0. The Morgan fingerprint density at radius 2 is 0.962 bits per heavy atom. The molecule has 0 N–H and O–H groups in total. The van der Waals surface area contributed by atoms with E-state index in [1.165, 1.54) is 5.56 Å². The molecule has 0 aliphatic rings. The van der Waals surface area contributed by atoms with Crippen molar-refractivity contribution in [1.82, 2.24) is 0 Å². The Kier molecular flexibility index (Phi) is 4.61. The Morgan fingerprint density at radius 3 is 1.27 bits per heavy atom. The summed E-state index contributed by atoms with van der Waals surface area (Å²) in [4.78, 5) is 0. The molecule has 2 heteroatoms. The maximum absolute atomic E-state index is 9.01. The zero-order chi connectivity index (χ0) is 18.7. The lowest BCUT2D eigenvalue weighted by Gasteiger charge is -2.22. The summed E-state index contributed by atoms with van der Waals surface area (Å²) in [5.41, 5.74) is 7.02. The molecule has 0 fully saturated rings. The Morgan fingerprint density at radius 1 is 0.577 bits per heavy atom. The monoisotopic (exact) mass is 336 g/mol. The fourth-order valence-electron chi connectivity index (χ4n) is 2.87. The molecule has 0 aliphatic heterocycles. The van der Waals surface area contributed by atoms with E-state index in [-0.39, 0.29) is 5.41 Å². The second kappa shape index (κ2) is 6.87. The molecular weight excluding hydrogens is 316 g/mol. The highest BCUT2D eigenvalue weighted by atomic mass is 14.2. The van der Waals surface area contributed by atoms with Crippen LogP contribution in [-0.4, -0.2) is 0 Å². The first-order valence-electron chi connectivity index (χ1n) is 8.57. The zero-order valence-corrected chi connectivity index (χ0v) is 15.2. The molecule has 0 atom stereocenters. The van der Waals surface area contributed by atoms with E-state index in [0.717, 1.165) is 22.3 Å². The predicted octanol–water partition coefficient (Wildman–Crippen LogP) is 6.06. The van der Waals surface area contributed by atoms with E-state index in [1.54, 1.807) is 0 Å². The van der Waals surface area contributed by atoms with Crippen LogP contribution >= 0.6 is 0 Å². The SMILES string of the molecule is CC(C)(C)c1cc(-c2ccc(C#N)cc2)cc(-c2ccc(C#N)cc2)c1. The summed E-state index contributed by atoms with van der Waals surface area (Å²) in [6.07, 6.45) is 0. The van der Waals surface area contributed by atoms with Crippen LogP contribution in [0.15, 0.2) is 66.7 Å². The van der Waals surface area contributed by atoms with Crippen LogP contribution in [0.3, 0.4) is 0 Å². The highest BCUT2D eigenvalue weighted by Gasteiger charge is 2.16. The normalized spacial score (nSPS) is 10.8. The van der Waals surface area contributed by atoms with Crippen LogP contribution in [0, 0.1) is 22.7 Å². The number of nitrogens with zero attached hydrogens (tertiary/aromatic N) is 2. The van der Waals surface area contributed by atoms with E-state index in [2.05, 4.69) is 51.1 Å². The van der Waals surface area contributed by atoms with Crippen molar-refractivity contribution in [2.45, 2.75) is 26.2 Å². The van der Waals surface area contributed by atoms with Gasteiger partial charge in [0.1, 0.15) is 0 Å². The molecule has 0 bridgehead atoms. The van der Waals surface area contributed by atoms with Gasteiger partial charge in [0.05, 0.1) is 23.3 Å². The van der Waals surface area contributed by atoms with E-state index in [1.807, 2.05) is 48.5 Å². The number of nitriles is 2. The molecule has 0 saturated heterocycles. The van der Waals surface area contributed by atoms with Crippen LogP contribution in [0.5, 0.6) is 0 Å². The summed E-state index contributed by atoms with van der Waals surface area (Å²) in [6, 6.07) is 26.3. The summed E-state index contributed by atoms with van der Waals surface area (Å²) in [5.74, 6) is 0. The van der Waals surface area contributed by atoms with Crippen LogP contribution in [0.2, 0.25) is 0 Å². The minimum atomic E-state index is 0.0178. The minimum absolute atomic E-state index is 0.0178. The molecule has 126 valence electrons. The summed E-state index contributed by atoms with van der Waals surface area (Å²) >= 11 is 0. The predicted molar refractivity (Wildman–Crippen MR) is 105 cm³/mol. The molecule has 0 unspecified atom stereocenters. The molecule has 0 saturated carbocycles. The highest BCUT2D eigenvalue weighted by Crippen LogP contribution is 2.33. The molecule has 0 aliphatic carbocycles. The van der Waals surface area contributed by atoms with Crippen LogP contribution in [0.25, 0.3) is 22.3 Å². The van der Waals surface area contributed by atoms with Crippen molar-refractivity contribution in [3.05, 3.63) is 83.4 Å². The highest BCUT2D eigenvalue weighted by molar-refractivity contribution is 5.75. The molecule has 3 rings (SSSR count). The Balaban J connectivity index is 2.15. The lowest BCUT2D eigenvalue weighted by molar-refractivity contribution is 0.590. The third-order valence-corrected chi connectivity index (χ3v) is 4.49. The number of rotatable bonds is 2. The van der Waals surface area contributed by atoms with Gasteiger partial charge >= 0.3 is 0 Å². The molecule has 26 heavy (non-hydrogen) atoms. The average molecular weight is 336 g/mol. The van der Waals surface area contributed by atoms with Crippen LogP contribution < -0.4 is 0 Å². The second-order valence-corrected chi connectivity index (χ2v) is 7.43. The number of benzene rings is 3. The maximum atomic E-state index is 9.01. The van der Waals surface area contributed by atoms with Gasteiger partial charge in [-0.05, 0) is 63.6 Å². The lowest BCUT2D eigenvalue weighted by atomic mass is 9.83. The smallest absolute Gasteiger partial charge is 0.0991 e. The fourth-order valence-corrected chi connectivity index (χ4v) is 2.87. The summed E-state index contributed by atoms with van der Waals surface area (Å²) in [6.45, 7) is 6.61. The van der Waals surface area contributed by atoms with Gasteiger partial charge in [0.2, 0.25) is 0 Å². The van der Waals surface area contributed by atoms with Crippen molar-refractivity contribution in [1.29, 1.82) is 10.5 Å². The van der Waals surface area contributed by atoms with Gasteiger partial charge in [-0.2, -0.15) is 10.5 Å². The Hall–Kier alpha value is -3.36. The van der Waals surface area contributed by atoms with Crippen molar-refractivity contribution in [2.75, 3.05) is 0 Å². The first-order chi connectivity index (χ1) is 12.4. The molecule has 3 aromatic carbocycles. The van der Waals surface area contributed by atoms with Gasteiger partial charge < -0.3 is 0 Å². The van der Waals surface area contributed by atoms with E-state index >= 15 is 0 Å². The summed E-state index contributed by atoms with van der Waals surface area (Å²) in [7, 11) is 0. The van der Waals surface area contributed by atoms with Crippen molar-refractivity contribution < 1.29 is 0 Å².